The van der Waals surface area contributed by atoms with E-state index in [0.29, 0.717) is 11.0 Å². The number of hydrogen-bond acceptors (Lipinski definition) is 6. The molecule has 0 aromatic heterocycles. The molecule has 6 nitrogen and oxygen atoms in total. The van der Waals surface area contributed by atoms with Gasteiger partial charge >= 0.3 is 19.1 Å². The van der Waals surface area contributed by atoms with Gasteiger partial charge in [-0.3, -0.25) is 0 Å². The Kier molecular flexibility index (Phi) is 3.90. The van der Waals surface area contributed by atoms with Crippen molar-refractivity contribution in [1.82, 2.24) is 0 Å². The third-order valence-electron chi connectivity index (χ3n) is 4.76. The third kappa shape index (κ3) is 2.68. The number of carbonyl (C=O) groups is 2. The Morgan fingerprint density at radius 1 is 1.08 bits per heavy atom. The number of aliphatic hydroxyl groups is 1. The van der Waals surface area contributed by atoms with E-state index in [4.69, 9.17) is 9.31 Å². The number of ether oxygens (including phenoxy) is 1. The highest BCUT2D eigenvalue weighted by atomic mass is 16.7. The lowest BCUT2D eigenvalue weighted by atomic mass is 9.77. The van der Waals surface area contributed by atoms with E-state index in [9.17, 15) is 14.7 Å². The molecule has 0 spiro atoms. The number of fused-ring (bicyclic) bond motifs is 1. The van der Waals surface area contributed by atoms with Gasteiger partial charge in [-0.25, -0.2) is 9.59 Å². The van der Waals surface area contributed by atoms with Gasteiger partial charge in [0, 0.05) is 0 Å². The fourth-order valence-corrected chi connectivity index (χ4v) is 2.59. The van der Waals surface area contributed by atoms with Crippen LogP contribution < -0.4 is 0 Å². The number of cyclic esters (lactones) is 2. The van der Waals surface area contributed by atoms with Gasteiger partial charge in [-0.05, 0) is 50.9 Å². The second-order valence-corrected chi connectivity index (χ2v) is 6.95. The summed E-state index contributed by atoms with van der Waals surface area (Å²) in [5.41, 5.74) is 0.629. The zero-order valence-corrected chi connectivity index (χ0v) is 14.1. The average molecular weight is 330 g/mol. The van der Waals surface area contributed by atoms with E-state index in [1.807, 2.05) is 27.7 Å². The van der Waals surface area contributed by atoms with E-state index in [2.05, 4.69) is 4.74 Å². The number of hydrogen-bond donors (Lipinski definition) is 1. The number of aliphatic hydroxyl groups excluding tert-OH is 1. The molecule has 0 atom stereocenters. The SMILES string of the molecule is CC1(C)OB(C(=Cc2ccc3c(c2)C(=O)OC3=O)CO)OC1(C)C. The first-order valence-electron chi connectivity index (χ1n) is 7.72. The Morgan fingerprint density at radius 3 is 2.25 bits per heavy atom. The van der Waals surface area contributed by atoms with Crippen LogP contribution in [-0.2, 0) is 14.0 Å². The summed E-state index contributed by atoms with van der Waals surface area (Å²) in [5, 5.41) is 9.70. The first-order valence-corrected chi connectivity index (χ1v) is 7.72. The average Bonchev–Trinajstić information content (AvgIpc) is 2.89. The van der Waals surface area contributed by atoms with Crippen molar-refractivity contribution < 1.29 is 28.7 Å². The Hall–Kier alpha value is -1.96. The molecule has 2 heterocycles. The van der Waals surface area contributed by atoms with Crippen molar-refractivity contribution in [2.45, 2.75) is 38.9 Å². The molecular formula is C17H19BO6. The lowest BCUT2D eigenvalue weighted by Crippen LogP contribution is -2.41. The van der Waals surface area contributed by atoms with Crippen molar-refractivity contribution in [2.75, 3.05) is 6.61 Å². The highest BCUT2D eigenvalue weighted by Gasteiger charge is 2.52. The second-order valence-electron chi connectivity index (χ2n) is 6.95. The van der Waals surface area contributed by atoms with Crippen molar-refractivity contribution in [2.24, 2.45) is 0 Å². The molecule has 3 rings (SSSR count). The van der Waals surface area contributed by atoms with Crippen molar-refractivity contribution in [3.05, 3.63) is 40.4 Å². The van der Waals surface area contributed by atoms with Crippen LogP contribution >= 0.6 is 0 Å². The van der Waals surface area contributed by atoms with Crippen LogP contribution in [0.4, 0.5) is 0 Å². The van der Waals surface area contributed by atoms with Crippen LogP contribution in [0.25, 0.3) is 6.08 Å². The minimum Gasteiger partial charge on any atom is -0.400 e. The maximum Gasteiger partial charge on any atom is 0.492 e. The van der Waals surface area contributed by atoms with Crippen LogP contribution in [0.2, 0.25) is 0 Å². The molecular weight excluding hydrogens is 311 g/mol. The van der Waals surface area contributed by atoms with E-state index in [1.165, 1.54) is 6.07 Å². The number of benzene rings is 1. The van der Waals surface area contributed by atoms with Crippen LogP contribution in [0.1, 0.15) is 54.0 Å². The molecule has 0 unspecified atom stereocenters. The molecule has 1 saturated heterocycles. The molecule has 2 aliphatic heterocycles. The van der Waals surface area contributed by atoms with E-state index in [-0.39, 0.29) is 17.7 Å². The van der Waals surface area contributed by atoms with Gasteiger partial charge in [-0.2, -0.15) is 0 Å². The van der Waals surface area contributed by atoms with E-state index >= 15 is 0 Å². The first-order chi connectivity index (χ1) is 11.1. The smallest absolute Gasteiger partial charge is 0.400 e. The molecule has 1 N–H and O–H groups in total. The molecule has 0 saturated carbocycles. The Morgan fingerprint density at radius 2 is 1.67 bits per heavy atom. The van der Waals surface area contributed by atoms with Crippen LogP contribution in [0.15, 0.2) is 23.7 Å². The van der Waals surface area contributed by atoms with Crippen molar-refractivity contribution >= 4 is 25.1 Å². The lowest BCUT2D eigenvalue weighted by molar-refractivity contribution is 0.00578. The van der Waals surface area contributed by atoms with Gasteiger partial charge in [-0.1, -0.05) is 12.1 Å². The monoisotopic (exact) mass is 330 g/mol. The minimum atomic E-state index is -0.679. The van der Waals surface area contributed by atoms with E-state index in [1.54, 1.807) is 18.2 Å². The van der Waals surface area contributed by atoms with Crippen molar-refractivity contribution in [1.29, 1.82) is 0 Å². The zero-order chi connectivity index (χ0) is 17.7. The predicted molar refractivity (Wildman–Crippen MR) is 87.3 cm³/mol. The molecule has 1 aromatic rings. The quantitative estimate of drug-likeness (QED) is 0.519. The fourth-order valence-electron chi connectivity index (χ4n) is 2.59. The second kappa shape index (κ2) is 5.55. The molecule has 126 valence electrons. The topological polar surface area (TPSA) is 82.1 Å². The summed E-state index contributed by atoms with van der Waals surface area (Å²) in [6.07, 6.45) is 1.69. The summed E-state index contributed by atoms with van der Waals surface area (Å²) in [7, 11) is -0.679. The zero-order valence-electron chi connectivity index (χ0n) is 14.1. The van der Waals surface area contributed by atoms with Gasteiger partial charge in [0.1, 0.15) is 0 Å². The molecule has 0 radical (unpaired) electrons. The van der Waals surface area contributed by atoms with Gasteiger partial charge in [0.2, 0.25) is 0 Å². The van der Waals surface area contributed by atoms with Crippen LogP contribution in [0, 0.1) is 0 Å². The van der Waals surface area contributed by atoms with Gasteiger partial charge in [0.25, 0.3) is 0 Å². The summed E-state index contributed by atoms with van der Waals surface area (Å²) >= 11 is 0. The number of esters is 2. The maximum absolute atomic E-state index is 11.6. The Bertz CT molecular complexity index is 733. The van der Waals surface area contributed by atoms with Crippen LogP contribution in [0.3, 0.4) is 0 Å². The summed E-state index contributed by atoms with van der Waals surface area (Å²) in [6.45, 7) is 7.47. The summed E-state index contributed by atoms with van der Waals surface area (Å²) in [6, 6.07) is 4.77. The van der Waals surface area contributed by atoms with Gasteiger partial charge in [-0.15, -0.1) is 0 Å². The summed E-state index contributed by atoms with van der Waals surface area (Å²) in [5.74, 6) is -1.30. The molecule has 7 heteroatoms. The van der Waals surface area contributed by atoms with E-state index in [0.717, 1.165) is 0 Å². The summed E-state index contributed by atoms with van der Waals surface area (Å²) < 4.78 is 16.4. The van der Waals surface area contributed by atoms with Crippen LogP contribution in [-0.4, -0.2) is 42.0 Å². The normalized spacial score (nSPS) is 21.9. The van der Waals surface area contributed by atoms with Crippen molar-refractivity contribution in [3.63, 3.8) is 0 Å². The minimum absolute atomic E-state index is 0.222. The molecule has 0 amide bonds. The number of carbonyl (C=O) groups excluding carboxylic acids is 2. The highest BCUT2D eigenvalue weighted by molar-refractivity contribution is 6.55. The van der Waals surface area contributed by atoms with Gasteiger partial charge in [0.05, 0.1) is 28.9 Å². The Labute approximate surface area is 140 Å². The lowest BCUT2D eigenvalue weighted by Gasteiger charge is -2.32. The highest BCUT2D eigenvalue weighted by Crippen LogP contribution is 2.38. The molecule has 1 fully saturated rings. The Balaban J connectivity index is 1.92. The van der Waals surface area contributed by atoms with Gasteiger partial charge < -0.3 is 19.2 Å². The molecule has 0 bridgehead atoms. The largest absolute Gasteiger partial charge is 0.492 e. The maximum atomic E-state index is 11.6. The van der Waals surface area contributed by atoms with E-state index < -0.39 is 30.3 Å². The first kappa shape index (κ1) is 16.9. The fraction of sp³-hybridized carbons (Fsp3) is 0.412. The van der Waals surface area contributed by atoms with Crippen LogP contribution in [0.5, 0.6) is 0 Å². The van der Waals surface area contributed by atoms with Crippen molar-refractivity contribution in [3.8, 4) is 0 Å². The number of rotatable bonds is 3. The predicted octanol–water partition coefficient (Wildman–Crippen LogP) is 2.00. The summed E-state index contributed by atoms with van der Waals surface area (Å²) in [4.78, 5) is 23.1. The molecule has 0 aliphatic carbocycles. The molecule has 24 heavy (non-hydrogen) atoms. The van der Waals surface area contributed by atoms with Gasteiger partial charge in [0.15, 0.2) is 0 Å². The molecule has 1 aromatic carbocycles. The molecule has 2 aliphatic rings. The third-order valence-corrected chi connectivity index (χ3v) is 4.76. The standard InChI is InChI=1S/C17H19BO6/c1-16(2)17(3,4)24-18(23-16)11(9-19)7-10-5-6-12-13(8-10)15(21)22-14(12)20/h5-8,19H,9H2,1-4H3.